The molecule has 0 saturated carbocycles. The number of aromatic amines is 1. The van der Waals surface area contributed by atoms with Crippen LogP contribution in [0.4, 0.5) is 26.3 Å². The summed E-state index contributed by atoms with van der Waals surface area (Å²) in [6, 6.07) is -1.03. The lowest BCUT2D eigenvalue weighted by atomic mass is 10.1. The van der Waals surface area contributed by atoms with Crippen LogP contribution in [-0.2, 0) is 4.79 Å². The quantitative estimate of drug-likeness (QED) is 0.839. The van der Waals surface area contributed by atoms with Gasteiger partial charge in [-0.15, -0.1) is 0 Å². The summed E-state index contributed by atoms with van der Waals surface area (Å²) in [4.78, 5) is 11.2. The SMILES string of the molecule is CC(NC(=O)C(C(F)(F)F)C(F)(F)F)c1cn[nH]c1. The molecular weight excluding hydrogens is 280 g/mol. The number of carbonyl (C=O) groups is 1. The smallest absolute Gasteiger partial charge is 0.349 e. The van der Waals surface area contributed by atoms with E-state index < -0.39 is 30.2 Å². The van der Waals surface area contributed by atoms with E-state index in [1.165, 1.54) is 19.3 Å². The van der Waals surface area contributed by atoms with Crippen LogP contribution < -0.4 is 5.32 Å². The van der Waals surface area contributed by atoms with E-state index in [1.54, 1.807) is 5.32 Å². The Bertz CT molecular complexity index is 410. The van der Waals surface area contributed by atoms with E-state index in [0.29, 0.717) is 0 Å². The van der Waals surface area contributed by atoms with Crippen molar-refractivity contribution in [3.8, 4) is 0 Å². The Morgan fingerprint density at radius 1 is 1.26 bits per heavy atom. The van der Waals surface area contributed by atoms with Gasteiger partial charge in [0, 0.05) is 11.8 Å². The molecule has 19 heavy (non-hydrogen) atoms. The third kappa shape index (κ3) is 3.86. The number of amides is 1. The first-order chi connectivity index (χ1) is 8.53. The molecule has 0 fully saturated rings. The maximum absolute atomic E-state index is 12.3. The number of hydrogen-bond donors (Lipinski definition) is 2. The summed E-state index contributed by atoms with van der Waals surface area (Å²) in [6.07, 6.45) is -8.96. The van der Waals surface area contributed by atoms with E-state index in [9.17, 15) is 31.1 Å². The van der Waals surface area contributed by atoms with E-state index >= 15 is 0 Å². The zero-order chi connectivity index (χ0) is 14.8. The van der Waals surface area contributed by atoms with E-state index in [-0.39, 0.29) is 5.56 Å². The molecule has 0 aromatic carbocycles. The monoisotopic (exact) mass is 289 g/mol. The van der Waals surface area contributed by atoms with Gasteiger partial charge in [0.1, 0.15) is 0 Å². The molecule has 0 aliphatic rings. The molecule has 1 unspecified atom stereocenters. The summed E-state index contributed by atoms with van der Waals surface area (Å²) in [6.45, 7) is 1.24. The molecule has 1 amide bonds. The number of nitrogens with one attached hydrogen (secondary N) is 2. The maximum atomic E-state index is 12.3. The van der Waals surface area contributed by atoms with Gasteiger partial charge < -0.3 is 5.32 Å². The second kappa shape index (κ2) is 5.10. The Labute approximate surface area is 103 Å². The normalized spacial score (nSPS) is 14.5. The van der Waals surface area contributed by atoms with Gasteiger partial charge in [0.15, 0.2) is 0 Å². The number of hydrogen-bond acceptors (Lipinski definition) is 2. The Balaban J connectivity index is 2.85. The molecule has 1 heterocycles. The molecule has 2 N–H and O–H groups in total. The highest BCUT2D eigenvalue weighted by molar-refractivity contribution is 5.80. The number of rotatable bonds is 3. The molecule has 0 aliphatic heterocycles. The highest BCUT2D eigenvalue weighted by atomic mass is 19.4. The van der Waals surface area contributed by atoms with Gasteiger partial charge in [-0.1, -0.05) is 0 Å². The molecule has 10 heteroatoms. The number of aromatic nitrogens is 2. The van der Waals surface area contributed by atoms with Crippen molar-refractivity contribution in [2.45, 2.75) is 25.3 Å². The molecule has 108 valence electrons. The summed E-state index contributed by atoms with van der Waals surface area (Å²) in [7, 11) is 0. The third-order valence-electron chi connectivity index (χ3n) is 2.29. The van der Waals surface area contributed by atoms with Gasteiger partial charge in [0.05, 0.1) is 12.2 Å². The van der Waals surface area contributed by atoms with Crippen LogP contribution >= 0.6 is 0 Å². The van der Waals surface area contributed by atoms with Crippen LogP contribution in [0.3, 0.4) is 0 Å². The molecule has 0 aliphatic carbocycles. The fraction of sp³-hybridized carbons (Fsp3) is 0.556. The van der Waals surface area contributed by atoms with Crippen molar-refractivity contribution in [3.63, 3.8) is 0 Å². The minimum Gasteiger partial charge on any atom is -0.349 e. The largest absolute Gasteiger partial charge is 0.409 e. The molecule has 1 atom stereocenters. The Kier molecular flexibility index (Phi) is 4.11. The van der Waals surface area contributed by atoms with Crippen molar-refractivity contribution in [2.75, 3.05) is 0 Å². The minimum atomic E-state index is -5.70. The van der Waals surface area contributed by atoms with Crippen LogP contribution in [0.25, 0.3) is 0 Å². The van der Waals surface area contributed by atoms with Crippen molar-refractivity contribution >= 4 is 5.91 Å². The molecule has 1 aromatic rings. The van der Waals surface area contributed by atoms with Crippen molar-refractivity contribution in [2.24, 2.45) is 5.92 Å². The second-order valence-corrected chi connectivity index (χ2v) is 3.78. The van der Waals surface area contributed by atoms with Crippen molar-refractivity contribution in [1.29, 1.82) is 0 Å². The zero-order valence-electron chi connectivity index (χ0n) is 9.43. The standard InChI is InChI=1S/C9H9F6N3O/c1-4(5-2-16-17-3-5)18-7(19)6(8(10,11)12)9(13,14)15/h2-4,6H,1H3,(H,16,17)(H,18,19). The lowest BCUT2D eigenvalue weighted by Crippen LogP contribution is -2.48. The van der Waals surface area contributed by atoms with E-state index in [2.05, 4.69) is 10.2 Å². The summed E-state index contributed by atoms with van der Waals surface area (Å²) in [5, 5.41) is 7.46. The van der Waals surface area contributed by atoms with Gasteiger partial charge in [0.2, 0.25) is 11.8 Å². The van der Waals surface area contributed by atoms with Gasteiger partial charge in [-0.25, -0.2) is 0 Å². The van der Waals surface area contributed by atoms with E-state index in [0.717, 1.165) is 0 Å². The van der Waals surface area contributed by atoms with Gasteiger partial charge in [-0.2, -0.15) is 31.4 Å². The lowest BCUT2D eigenvalue weighted by molar-refractivity contribution is -0.274. The van der Waals surface area contributed by atoms with E-state index in [4.69, 9.17) is 0 Å². The van der Waals surface area contributed by atoms with Gasteiger partial charge >= 0.3 is 12.4 Å². The van der Waals surface area contributed by atoms with Gasteiger partial charge in [-0.3, -0.25) is 9.89 Å². The Morgan fingerprint density at radius 2 is 1.79 bits per heavy atom. The number of carbonyl (C=O) groups excluding carboxylic acids is 1. The molecule has 0 radical (unpaired) electrons. The van der Waals surface area contributed by atoms with Crippen molar-refractivity contribution in [1.82, 2.24) is 15.5 Å². The third-order valence-corrected chi connectivity index (χ3v) is 2.29. The van der Waals surface area contributed by atoms with Crippen molar-refractivity contribution < 1.29 is 31.1 Å². The molecule has 1 rings (SSSR count). The Morgan fingerprint density at radius 3 is 2.16 bits per heavy atom. The van der Waals surface area contributed by atoms with Crippen LogP contribution in [0.2, 0.25) is 0 Å². The molecular formula is C9H9F6N3O. The fourth-order valence-electron chi connectivity index (χ4n) is 1.36. The topological polar surface area (TPSA) is 57.8 Å². The minimum absolute atomic E-state index is 0.261. The fourth-order valence-corrected chi connectivity index (χ4v) is 1.36. The van der Waals surface area contributed by atoms with Crippen LogP contribution in [-0.4, -0.2) is 28.5 Å². The number of H-pyrrole nitrogens is 1. The summed E-state index contributed by atoms with van der Waals surface area (Å²) in [5.74, 6) is -6.19. The van der Waals surface area contributed by atoms with Gasteiger partial charge in [0.25, 0.3) is 0 Å². The maximum Gasteiger partial charge on any atom is 0.409 e. The molecule has 0 spiro atoms. The summed E-state index contributed by atoms with van der Waals surface area (Å²) < 4.78 is 73.6. The van der Waals surface area contributed by atoms with Crippen LogP contribution in [0.1, 0.15) is 18.5 Å². The highest BCUT2D eigenvalue weighted by Gasteiger charge is 2.61. The molecule has 1 aromatic heterocycles. The highest BCUT2D eigenvalue weighted by Crippen LogP contribution is 2.39. The second-order valence-electron chi connectivity index (χ2n) is 3.78. The first kappa shape index (κ1) is 15.3. The average molecular weight is 289 g/mol. The number of alkyl halides is 6. The number of halogens is 6. The van der Waals surface area contributed by atoms with Crippen LogP contribution in [0.15, 0.2) is 12.4 Å². The zero-order valence-corrected chi connectivity index (χ0v) is 9.43. The first-order valence-corrected chi connectivity index (χ1v) is 4.96. The molecule has 0 saturated heterocycles. The lowest BCUT2D eigenvalue weighted by Gasteiger charge is -2.23. The van der Waals surface area contributed by atoms with Crippen LogP contribution in [0.5, 0.6) is 0 Å². The summed E-state index contributed by atoms with van der Waals surface area (Å²) in [5.41, 5.74) is 0.261. The predicted octanol–water partition coefficient (Wildman–Crippen LogP) is 2.33. The first-order valence-electron chi connectivity index (χ1n) is 4.96. The van der Waals surface area contributed by atoms with Crippen LogP contribution in [0, 0.1) is 5.92 Å². The molecule has 4 nitrogen and oxygen atoms in total. The molecule has 0 bridgehead atoms. The average Bonchev–Trinajstić information content (AvgIpc) is 2.63. The van der Waals surface area contributed by atoms with Crippen molar-refractivity contribution in [3.05, 3.63) is 18.0 Å². The predicted molar refractivity (Wildman–Crippen MR) is 50.7 cm³/mol. The number of nitrogens with zero attached hydrogens (tertiary/aromatic N) is 1. The Hall–Kier alpha value is -1.74. The summed E-state index contributed by atoms with van der Waals surface area (Å²) >= 11 is 0. The van der Waals surface area contributed by atoms with Gasteiger partial charge in [-0.05, 0) is 6.92 Å². The van der Waals surface area contributed by atoms with E-state index in [1.807, 2.05) is 0 Å².